The van der Waals surface area contributed by atoms with Gasteiger partial charge < -0.3 is 9.47 Å². The van der Waals surface area contributed by atoms with Gasteiger partial charge in [0.05, 0.1) is 12.8 Å². The lowest BCUT2D eigenvalue weighted by atomic mass is 10.2. The highest BCUT2D eigenvalue weighted by Gasteiger charge is 2.10. The van der Waals surface area contributed by atoms with E-state index in [2.05, 4.69) is 10.3 Å². The molecule has 0 unspecified atom stereocenters. The average Bonchev–Trinajstić information content (AvgIpc) is 3.22. The summed E-state index contributed by atoms with van der Waals surface area (Å²) in [5, 5.41) is 4.92. The SMILES string of the molecule is CCCC(=O)Oc1ccc(C=CC(=O)Nc2nc(-c3ccc(F)cc3)cs2)cc1OC. The third-order valence-electron chi connectivity index (χ3n) is 4.17. The van der Waals surface area contributed by atoms with Crippen molar-refractivity contribution in [1.82, 2.24) is 4.98 Å². The quantitative estimate of drug-likeness (QED) is 0.292. The predicted octanol–water partition coefficient (Wildman–Crippen LogP) is 5.32. The van der Waals surface area contributed by atoms with Gasteiger partial charge >= 0.3 is 5.97 Å². The number of halogens is 1. The highest BCUT2D eigenvalue weighted by molar-refractivity contribution is 7.14. The molecule has 0 atom stereocenters. The second-order valence-corrected chi connectivity index (χ2v) is 7.36. The van der Waals surface area contributed by atoms with Gasteiger partial charge in [-0.15, -0.1) is 11.3 Å². The summed E-state index contributed by atoms with van der Waals surface area (Å²) in [6, 6.07) is 11.0. The molecule has 0 spiro atoms. The maximum Gasteiger partial charge on any atom is 0.311 e. The minimum atomic E-state index is -0.350. The van der Waals surface area contributed by atoms with E-state index in [0.717, 1.165) is 5.56 Å². The van der Waals surface area contributed by atoms with Crippen molar-refractivity contribution in [2.75, 3.05) is 12.4 Å². The zero-order valence-corrected chi connectivity index (χ0v) is 17.9. The molecule has 0 radical (unpaired) electrons. The minimum absolute atomic E-state index is 0.318. The minimum Gasteiger partial charge on any atom is -0.493 e. The number of hydrogen-bond donors (Lipinski definition) is 1. The first kappa shape index (κ1) is 22.2. The molecule has 0 saturated heterocycles. The van der Waals surface area contributed by atoms with Gasteiger partial charge in [0.15, 0.2) is 16.6 Å². The number of carbonyl (C=O) groups excluding carboxylic acids is 2. The summed E-state index contributed by atoms with van der Waals surface area (Å²) in [5.74, 6) is -0.264. The van der Waals surface area contributed by atoms with Gasteiger partial charge in [0.25, 0.3) is 0 Å². The first-order valence-electron chi connectivity index (χ1n) is 9.57. The molecule has 160 valence electrons. The Hall–Kier alpha value is -3.52. The lowest BCUT2D eigenvalue weighted by Crippen LogP contribution is -2.08. The number of rotatable bonds is 8. The molecular weight excluding hydrogens is 419 g/mol. The highest BCUT2D eigenvalue weighted by Crippen LogP contribution is 2.29. The predicted molar refractivity (Wildman–Crippen MR) is 119 cm³/mol. The molecule has 1 aromatic heterocycles. The molecule has 3 rings (SSSR count). The van der Waals surface area contributed by atoms with Crippen LogP contribution in [0.3, 0.4) is 0 Å². The number of carbonyl (C=O) groups is 2. The van der Waals surface area contributed by atoms with E-state index in [1.54, 1.807) is 41.8 Å². The van der Waals surface area contributed by atoms with Crippen molar-refractivity contribution in [2.45, 2.75) is 19.8 Å². The Bertz CT molecular complexity index is 1090. The molecule has 31 heavy (non-hydrogen) atoms. The first-order chi connectivity index (χ1) is 15.0. The monoisotopic (exact) mass is 440 g/mol. The standard InChI is InChI=1S/C23H21FN2O4S/c1-3-4-22(28)30-19-11-5-15(13-20(19)29-2)6-12-21(27)26-23-25-18(14-31-23)16-7-9-17(24)10-8-16/h5-14H,3-4H2,1-2H3,(H,25,26,27). The van der Waals surface area contributed by atoms with Crippen molar-refractivity contribution in [2.24, 2.45) is 0 Å². The van der Waals surface area contributed by atoms with Crippen LogP contribution in [0, 0.1) is 5.82 Å². The third-order valence-corrected chi connectivity index (χ3v) is 4.92. The molecular formula is C23H21FN2O4S. The Morgan fingerprint density at radius 2 is 1.94 bits per heavy atom. The second-order valence-electron chi connectivity index (χ2n) is 6.50. The van der Waals surface area contributed by atoms with Gasteiger partial charge in [0.1, 0.15) is 5.82 Å². The Morgan fingerprint density at radius 3 is 2.65 bits per heavy atom. The highest BCUT2D eigenvalue weighted by atomic mass is 32.1. The molecule has 1 amide bonds. The maximum atomic E-state index is 13.0. The van der Waals surface area contributed by atoms with Crippen LogP contribution in [0.4, 0.5) is 9.52 Å². The van der Waals surface area contributed by atoms with Crippen molar-refractivity contribution in [1.29, 1.82) is 0 Å². The number of nitrogens with zero attached hydrogens (tertiary/aromatic N) is 1. The third kappa shape index (κ3) is 6.23. The van der Waals surface area contributed by atoms with E-state index >= 15 is 0 Å². The Labute approximate surface area is 183 Å². The lowest BCUT2D eigenvalue weighted by Gasteiger charge is -2.09. The Balaban J connectivity index is 1.63. The summed E-state index contributed by atoms with van der Waals surface area (Å²) >= 11 is 1.28. The van der Waals surface area contributed by atoms with Gasteiger partial charge in [-0.05, 0) is 54.5 Å². The number of aromatic nitrogens is 1. The van der Waals surface area contributed by atoms with Gasteiger partial charge in [-0.1, -0.05) is 13.0 Å². The summed E-state index contributed by atoms with van der Waals surface area (Å²) in [7, 11) is 1.48. The van der Waals surface area contributed by atoms with Crippen LogP contribution in [0.25, 0.3) is 17.3 Å². The number of methoxy groups -OCH3 is 1. The number of hydrogen-bond acceptors (Lipinski definition) is 6. The molecule has 0 fully saturated rings. The van der Waals surface area contributed by atoms with E-state index in [0.29, 0.717) is 40.7 Å². The van der Waals surface area contributed by atoms with Crippen molar-refractivity contribution >= 4 is 34.4 Å². The summed E-state index contributed by atoms with van der Waals surface area (Å²) in [5.41, 5.74) is 2.12. The van der Waals surface area contributed by atoms with Crippen molar-refractivity contribution < 1.29 is 23.5 Å². The normalized spacial score (nSPS) is 10.8. The van der Waals surface area contributed by atoms with Crippen LogP contribution < -0.4 is 14.8 Å². The zero-order chi connectivity index (χ0) is 22.2. The van der Waals surface area contributed by atoms with Gasteiger partial charge in [-0.25, -0.2) is 9.37 Å². The van der Waals surface area contributed by atoms with Gasteiger partial charge in [0, 0.05) is 23.4 Å². The molecule has 0 aliphatic carbocycles. The number of anilines is 1. The lowest BCUT2D eigenvalue weighted by molar-refractivity contribution is -0.134. The van der Waals surface area contributed by atoms with Gasteiger partial charge in [0.2, 0.25) is 5.91 Å². The van der Waals surface area contributed by atoms with Crippen LogP contribution in [0.15, 0.2) is 53.9 Å². The topological polar surface area (TPSA) is 77.5 Å². The zero-order valence-electron chi connectivity index (χ0n) is 17.1. The number of thiazole rings is 1. The fraction of sp³-hybridized carbons (Fsp3) is 0.174. The van der Waals surface area contributed by atoms with E-state index in [4.69, 9.17) is 9.47 Å². The molecule has 0 bridgehead atoms. The first-order valence-corrected chi connectivity index (χ1v) is 10.5. The van der Waals surface area contributed by atoms with Crippen LogP contribution in [0.5, 0.6) is 11.5 Å². The number of amides is 1. The van der Waals surface area contributed by atoms with E-state index in [1.165, 1.54) is 36.7 Å². The molecule has 1 heterocycles. The molecule has 3 aromatic rings. The summed E-state index contributed by atoms with van der Waals surface area (Å²) in [4.78, 5) is 28.3. The Morgan fingerprint density at radius 1 is 1.16 bits per heavy atom. The fourth-order valence-corrected chi connectivity index (χ4v) is 3.38. The smallest absolute Gasteiger partial charge is 0.311 e. The van der Waals surface area contributed by atoms with E-state index < -0.39 is 0 Å². The molecule has 0 aliphatic heterocycles. The number of benzene rings is 2. The summed E-state index contributed by atoms with van der Waals surface area (Å²) in [6.07, 6.45) is 4.01. The van der Waals surface area contributed by atoms with Crippen LogP contribution in [0.2, 0.25) is 0 Å². The van der Waals surface area contributed by atoms with Crippen molar-refractivity contribution in [3.05, 3.63) is 65.3 Å². The largest absolute Gasteiger partial charge is 0.493 e. The number of nitrogens with one attached hydrogen (secondary N) is 1. The van der Waals surface area contributed by atoms with Crippen LogP contribution in [-0.4, -0.2) is 24.0 Å². The van der Waals surface area contributed by atoms with Crippen LogP contribution in [-0.2, 0) is 9.59 Å². The average molecular weight is 440 g/mol. The molecule has 2 aromatic carbocycles. The fourth-order valence-electron chi connectivity index (χ4n) is 2.65. The van der Waals surface area contributed by atoms with Crippen molar-refractivity contribution in [3.63, 3.8) is 0 Å². The van der Waals surface area contributed by atoms with Crippen LogP contribution in [0.1, 0.15) is 25.3 Å². The molecule has 8 heteroatoms. The van der Waals surface area contributed by atoms with Crippen LogP contribution >= 0.6 is 11.3 Å². The van der Waals surface area contributed by atoms with E-state index in [1.807, 2.05) is 6.92 Å². The molecule has 0 saturated carbocycles. The van der Waals surface area contributed by atoms with E-state index in [-0.39, 0.29) is 17.7 Å². The van der Waals surface area contributed by atoms with E-state index in [9.17, 15) is 14.0 Å². The molecule has 0 aliphatic rings. The Kier molecular flexibility index (Phi) is 7.50. The second kappa shape index (κ2) is 10.5. The van der Waals surface area contributed by atoms with Gasteiger partial charge in [-0.3, -0.25) is 14.9 Å². The molecule has 6 nitrogen and oxygen atoms in total. The number of esters is 1. The summed E-state index contributed by atoms with van der Waals surface area (Å²) in [6.45, 7) is 1.90. The van der Waals surface area contributed by atoms with Gasteiger partial charge in [-0.2, -0.15) is 0 Å². The summed E-state index contributed by atoms with van der Waals surface area (Å²) < 4.78 is 23.6. The van der Waals surface area contributed by atoms with Crippen molar-refractivity contribution in [3.8, 4) is 22.8 Å². The number of ether oxygens (including phenoxy) is 2. The maximum absolute atomic E-state index is 13.0. The molecule has 1 N–H and O–H groups in total.